The van der Waals surface area contributed by atoms with Crippen LogP contribution in [0.3, 0.4) is 0 Å². The number of benzene rings is 2. The summed E-state index contributed by atoms with van der Waals surface area (Å²) in [7, 11) is 0. The van der Waals surface area contributed by atoms with Crippen molar-refractivity contribution in [2.45, 2.75) is 31.9 Å². The molecule has 2 aromatic rings. The smallest absolute Gasteiger partial charge is 0.242 e. The van der Waals surface area contributed by atoms with E-state index in [-0.39, 0.29) is 18.2 Å². The lowest BCUT2D eigenvalue weighted by atomic mass is 10.1. The number of amidine groups is 1. The monoisotopic (exact) mass is 407 g/mol. The summed E-state index contributed by atoms with van der Waals surface area (Å²) in [4.78, 5) is 31.5. The fraction of sp³-hybridized carbons (Fsp3) is 0.261. The predicted octanol–water partition coefficient (Wildman–Crippen LogP) is 4.70. The number of rotatable bonds is 7. The minimum atomic E-state index is -0.492. The molecule has 2 amide bonds. The van der Waals surface area contributed by atoms with Gasteiger partial charge in [0.15, 0.2) is 5.17 Å². The van der Waals surface area contributed by atoms with Crippen LogP contribution in [-0.4, -0.2) is 33.7 Å². The standard InChI is InChI=1S/C23H25N3O2S/c1-4-14-26-22(28)20(29-23(26)25-19-10-6-16(3)7-11-19)15-21(27)24-18-12-8-17(5-2)9-13-18/h4,6-13,20H,1,5,14-15H2,2-3H3,(H,24,27). The second-order valence-electron chi connectivity index (χ2n) is 6.88. The Morgan fingerprint density at radius 1 is 1.21 bits per heavy atom. The molecule has 5 nitrogen and oxygen atoms in total. The van der Waals surface area contributed by atoms with Gasteiger partial charge >= 0.3 is 0 Å². The Morgan fingerprint density at radius 3 is 2.52 bits per heavy atom. The molecule has 150 valence electrons. The third-order valence-electron chi connectivity index (χ3n) is 4.61. The molecule has 2 aromatic carbocycles. The maximum Gasteiger partial charge on any atom is 0.242 e. The zero-order chi connectivity index (χ0) is 20.8. The summed E-state index contributed by atoms with van der Waals surface area (Å²) >= 11 is 1.33. The first kappa shape index (κ1) is 20.9. The summed E-state index contributed by atoms with van der Waals surface area (Å²) < 4.78 is 0. The summed E-state index contributed by atoms with van der Waals surface area (Å²) in [5, 5.41) is 2.98. The van der Waals surface area contributed by atoms with Gasteiger partial charge in [0, 0.05) is 18.7 Å². The van der Waals surface area contributed by atoms with Crippen molar-refractivity contribution in [2.24, 2.45) is 4.99 Å². The van der Waals surface area contributed by atoms with E-state index in [0.29, 0.717) is 11.7 Å². The molecule has 29 heavy (non-hydrogen) atoms. The molecule has 1 fully saturated rings. The topological polar surface area (TPSA) is 61.8 Å². The second kappa shape index (κ2) is 9.56. The van der Waals surface area contributed by atoms with Crippen molar-refractivity contribution in [1.29, 1.82) is 0 Å². The van der Waals surface area contributed by atoms with Crippen molar-refractivity contribution in [1.82, 2.24) is 4.90 Å². The van der Waals surface area contributed by atoms with Gasteiger partial charge in [-0.1, -0.05) is 54.6 Å². The Morgan fingerprint density at radius 2 is 1.90 bits per heavy atom. The highest BCUT2D eigenvalue weighted by atomic mass is 32.2. The molecule has 0 aliphatic carbocycles. The summed E-state index contributed by atoms with van der Waals surface area (Å²) in [5.74, 6) is -0.299. The van der Waals surface area contributed by atoms with Crippen molar-refractivity contribution < 1.29 is 9.59 Å². The molecule has 1 saturated heterocycles. The molecule has 0 radical (unpaired) electrons. The number of carbonyl (C=O) groups excluding carboxylic acids is 2. The van der Waals surface area contributed by atoms with E-state index in [2.05, 4.69) is 23.8 Å². The molecular weight excluding hydrogens is 382 g/mol. The van der Waals surface area contributed by atoms with Gasteiger partial charge < -0.3 is 5.32 Å². The molecule has 1 aliphatic rings. The molecule has 6 heteroatoms. The minimum absolute atomic E-state index is 0.0968. The Bertz CT molecular complexity index is 920. The number of thioether (sulfide) groups is 1. The third-order valence-corrected chi connectivity index (χ3v) is 5.78. The van der Waals surface area contributed by atoms with Gasteiger partial charge in [0.05, 0.1) is 5.69 Å². The van der Waals surface area contributed by atoms with Crippen molar-refractivity contribution in [3.05, 3.63) is 72.3 Å². The number of aliphatic imine (C=N–C) groups is 1. The van der Waals surface area contributed by atoms with Gasteiger partial charge in [0.1, 0.15) is 5.25 Å². The van der Waals surface area contributed by atoms with Gasteiger partial charge in [-0.3, -0.25) is 14.5 Å². The van der Waals surface area contributed by atoms with Crippen LogP contribution in [0.4, 0.5) is 11.4 Å². The van der Waals surface area contributed by atoms with Crippen LogP contribution in [0.2, 0.25) is 0 Å². The lowest BCUT2D eigenvalue weighted by Gasteiger charge is -2.13. The highest BCUT2D eigenvalue weighted by molar-refractivity contribution is 8.15. The maximum absolute atomic E-state index is 12.8. The largest absolute Gasteiger partial charge is 0.326 e. The molecule has 0 bridgehead atoms. The van der Waals surface area contributed by atoms with Crippen molar-refractivity contribution in [2.75, 3.05) is 11.9 Å². The van der Waals surface area contributed by atoms with Gasteiger partial charge in [-0.2, -0.15) is 0 Å². The van der Waals surface area contributed by atoms with Crippen LogP contribution in [0.1, 0.15) is 24.5 Å². The summed E-state index contributed by atoms with van der Waals surface area (Å²) in [6, 6.07) is 15.5. The highest BCUT2D eigenvalue weighted by Gasteiger charge is 2.38. The zero-order valence-electron chi connectivity index (χ0n) is 16.7. The molecule has 1 N–H and O–H groups in total. The van der Waals surface area contributed by atoms with Crippen molar-refractivity contribution in [3.63, 3.8) is 0 Å². The first-order valence-corrected chi connectivity index (χ1v) is 10.5. The van der Waals surface area contributed by atoms with E-state index in [1.54, 1.807) is 11.0 Å². The van der Waals surface area contributed by atoms with Crippen LogP contribution >= 0.6 is 11.8 Å². The molecule has 0 saturated carbocycles. The molecule has 3 rings (SSSR count). The summed E-state index contributed by atoms with van der Waals surface area (Å²) in [6.45, 7) is 8.20. The highest BCUT2D eigenvalue weighted by Crippen LogP contribution is 2.32. The maximum atomic E-state index is 12.8. The van der Waals surface area contributed by atoms with Crippen LogP contribution in [-0.2, 0) is 16.0 Å². The average molecular weight is 408 g/mol. The van der Waals surface area contributed by atoms with Crippen LogP contribution in [0.25, 0.3) is 0 Å². The zero-order valence-corrected chi connectivity index (χ0v) is 17.5. The Labute approximate surface area is 175 Å². The van der Waals surface area contributed by atoms with Crippen LogP contribution in [0.15, 0.2) is 66.2 Å². The van der Waals surface area contributed by atoms with Crippen molar-refractivity contribution in [3.8, 4) is 0 Å². The van der Waals surface area contributed by atoms with E-state index in [1.807, 2.05) is 55.5 Å². The molecule has 0 spiro atoms. The SMILES string of the molecule is C=CCN1C(=O)C(CC(=O)Nc2ccc(CC)cc2)SC1=Nc1ccc(C)cc1. The van der Waals surface area contributed by atoms with E-state index in [0.717, 1.165) is 23.4 Å². The first-order valence-electron chi connectivity index (χ1n) is 9.63. The van der Waals surface area contributed by atoms with Gasteiger partial charge in [-0.15, -0.1) is 6.58 Å². The number of aryl methyl sites for hydroxylation is 2. The van der Waals surface area contributed by atoms with E-state index in [1.165, 1.54) is 17.3 Å². The first-order chi connectivity index (χ1) is 14.0. The lowest BCUT2D eigenvalue weighted by molar-refractivity contribution is -0.127. The number of nitrogens with one attached hydrogen (secondary N) is 1. The van der Waals surface area contributed by atoms with Crippen molar-refractivity contribution >= 4 is 40.1 Å². The van der Waals surface area contributed by atoms with E-state index < -0.39 is 5.25 Å². The van der Waals surface area contributed by atoms with Gasteiger partial charge in [0.25, 0.3) is 0 Å². The fourth-order valence-corrected chi connectivity index (χ4v) is 4.12. The quantitative estimate of drug-likeness (QED) is 0.677. The third kappa shape index (κ3) is 5.35. The number of hydrogen-bond acceptors (Lipinski definition) is 4. The van der Waals surface area contributed by atoms with Crippen LogP contribution < -0.4 is 5.32 Å². The minimum Gasteiger partial charge on any atom is -0.326 e. The molecule has 0 aromatic heterocycles. The molecule has 1 heterocycles. The molecule has 1 unspecified atom stereocenters. The average Bonchev–Trinajstić information content (AvgIpc) is 2.99. The molecule has 1 aliphatic heterocycles. The Balaban J connectivity index is 1.70. The second-order valence-corrected chi connectivity index (χ2v) is 8.05. The fourth-order valence-electron chi connectivity index (χ4n) is 2.96. The number of hydrogen-bond donors (Lipinski definition) is 1. The number of amides is 2. The van der Waals surface area contributed by atoms with E-state index in [9.17, 15) is 9.59 Å². The Kier molecular flexibility index (Phi) is 6.88. The Hall–Kier alpha value is -2.86. The van der Waals surface area contributed by atoms with Crippen LogP contribution in [0, 0.1) is 6.92 Å². The number of nitrogens with zero attached hydrogens (tertiary/aromatic N) is 2. The van der Waals surface area contributed by atoms with E-state index >= 15 is 0 Å². The molecule has 1 atom stereocenters. The van der Waals surface area contributed by atoms with Gasteiger partial charge in [0.2, 0.25) is 11.8 Å². The van der Waals surface area contributed by atoms with Gasteiger partial charge in [-0.25, -0.2) is 4.99 Å². The normalized spacial score (nSPS) is 17.6. The van der Waals surface area contributed by atoms with Crippen LogP contribution in [0.5, 0.6) is 0 Å². The molecular formula is C23H25N3O2S. The lowest BCUT2D eigenvalue weighted by Crippen LogP contribution is -2.33. The number of anilines is 1. The van der Waals surface area contributed by atoms with Gasteiger partial charge in [-0.05, 0) is 43.2 Å². The summed E-state index contributed by atoms with van der Waals surface area (Å²) in [6.07, 6.45) is 2.71. The number of carbonyl (C=O) groups is 2. The van der Waals surface area contributed by atoms with E-state index in [4.69, 9.17) is 0 Å². The summed E-state index contributed by atoms with van der Waals surface area (Å²) in [5.41, 5.74) is 3.87. The predicted molar refractivity (Wildman–Crippen MR) is 121 cm³/mol.